The third kappa shape index (κ3) is 3.78. The number of aromatic nitrogens is 1. The van der Waals surface area contributed by atoms with Crippen LogP contribution in [0, 0.1) is 5.92 Å². The lowest BCUT2D eigenvalue weighted by Crippen LogP contribution is -2.22. The van der Waals surface area contributed by atoms with Crippen LogP contribution in [0.25, 0.3) is 0 Å². The predicted molar refractivity (Wildman–Crippen MR) is 103 cm³/mol. The van der Waals surface area contributed by atoms with Gasteiger partial charge in [-0.1, -0.05) is 60.1 Å². The molecule has 3 nitrogen and oxygen atoms in total. The number of amides is 1. The molecule has 4 rings (SSSR count). The van der Waals surface area contributed by atoms with Crippen LogP contribution < -0.4 is 5.49 Å². The van der Waals surface area contributed by atoms with Crippen LogP contribution in [0.4, 0.5) is 0 Å². The van der Waals surface area contributed by atoms with E-state index in [1.54, 1.807) is 0 Å². The normalized spacial score (nSPS) is 19.3. The first-order chi connectivity index (χ1) is 12.7. The fourth-order valence-corrected chi connectivity index (χ4v) is 3.45. The molecule has 26 heavy (non-hydrogen) atoms. The van der Waals surface area contributed by atoms with Crippen LogP contribution >= 0.6 is 11.6 Å². The van der Waals surface area contributed by atoms with Gasteiger partial charge in [-0.3, -0.25) is 4.79 Å². The van der Waals surface area contributed by atoms with Gasteiger partial charge in [0, 0.05) is 23.7 Å². The van der Waals surface area contributed by atoms with Gasteiger partial charge in [-0.15, -0.1) is 0 Å². The van der Waals surface area contributed by atoms with Gasteiger partial charge in [-0.05, 0) is 47.7 Å². The number of pyridine rings is 1. The third-order valence-corrected chi connectivity index (χ3v) is 4.96. The number of hydrogen-bond acceptors (Lipinski definition) is 1. The maximum atomic E-state index is 12.6. The molecule has 1 aromatic heterocycles. The maximum absolute atomic E-state index is 12.6. The van der Waals surface area contributed by atoms with Gasteiger partial charge in [0.05, 0.1) is 0 Å². The summed E-state index contributed by atoms with van der Waals surface area (Å²) in [5, 5.41) is 0.710. The predicted octanol–water partition coefficient (Wildman–Crippen LogP) is 4.42. The number of nitrogens with zero attached hydrogens (tertiary/aromatic N) is 2. The van der Waals surface area contributed by atoms with E-state index in [-0.39, 0.29) is 17.7 Å². The van der Waals surface area contributed by atoms with Crippen molar-refractivity contribution in [3.63, 3.8) is 0 Å². The lowest BCUT2D eigenvalue weighted by Gasteiger charge is -2.07. The second-order valence-electron chi connectivity index (χ2n) is 6.63. The molecule has 130 valence electrons. The van der Waals surface area contributed by atoms with Crippen molar-refractivity contribution < 1.29 is 4.79 Å². The van der Waals surface area contributed by atoms with E-state index in [0.717, 1.165) is 12.0 Å². The molecule has 0 radical (unpaired) electrons. The Morgan fingerprint density at radius 1 is 1.04 bits per heavy atom. The Kier molecular flexibility index (Phi) is 4.72. The van der Waals surface area contributed by atoms with Crippen LogP contribution in [0.2, 0.25) is 5.02 Å². The number of hydrogen-bond donors (Lipinski definition) is 0. The topological polar surface area (TPSA) is 34.4 Å². The minimum Gasteiger partial charge on any atom is -0.328 e. The Hall–Kier alpha value is -2.65. The molecule has 4 heteroatoms. The van der Waals surface area contributed by atoms with Crippen LogP contribution in [0.5, 0.6) is 0 Å². The van der Waals surface area contributed by atoms with Crippen molar-refractivity contribution >= 4 is 17.5 Å². The van der Waals surface area contributed by atoms with Crippen LogP contribution in [0.1, 0.15) is 23.5 Å². The van der Waals surface area contributed by atoms with Gasteiger partial charge < -0.3 is 4.57 Å². The summed E-state index contributed by atoms with van der Waals surface area (Å²) in [7, 11) is 0. The SMILES string of the molecule is O=C(N=c1ccccn1Cc1ccccc1)C1CC1c1cccc(Cl)c1. The monoisotopic (exact) mass is 362 g/mol. The lowest BCUT2D eigenvalue weighted by atomic mass is 10.1. The zero-order chi connectivity index (χ0) is 17.9. The van der Waals surface area contributed by atoms with E-state index in [1.807, 2.05) is 71.4 Å². The van der Waals surface area contributed by atoms with Crippen molar-refractivity contribution in [1.82, 2.24) is 4.57 Å². The molecule has 1 aliphatic rings. The van der Waals surface area contributed by atoms with Crippen molar-refractivity contribution in [1.29, 1.82) is 0 Å². The summed E-state index contributed by atoms with van der Waals surface area (Å²) in [5.41, 5.74) is 2.99. The minimum absolute atomic E-state index is 0.0427. The highest BCUT2D eigenvalue weighted by Crippen LogP contribution is 2.48. The van der Waals surface area contributed by atoms with Crippen molar-refractivity contribution in [3.05, 3.63) is 101 Å². The lowest BCUT2D eigenvalue weighted by molar-refractivity contribution is -0.119. The van der Waals surface area contributed by atoms with Gasteiger partial charge in [-0.25, -0.2) is 0 Å². The van der Waals surface area contributed by atoms with Crippen LogP contribution in [0.15, 0.2) is 84.0 Å². The van der Waals surface area contributed by atoms with E-state index < -0.39 is 0 Å². The van der Waals surface area contributed by atoms with Crippen molar-refractivity contribution in [3.8, 4) is 0 Å². The molecule has 1 aliphatic carbocycles. The summed E-state index contributed by atoms with van der Waals surface area (Å²) in [5.74, 6) is 0.137. The second kappa shape index (κ2) is 7.30. The molecule has 1 fully saturated rings. The summed E-state index contributed by atoms with van der Waals surface area (Å²) in [6.45, 7) is 0.691. The molecule has 0 saturated heterocycles. The fraction of sp³-hybridized carbons (Fsp3) is 0.182. The Bertz CT molecular complexity index is 994. The molecule has 2 unspecified atom stereocenters. The summed E-state index contributed by atoms with van der Waals surface area (Å²) >= 11 is 6.06. The molecule has 2 atom stereocenters. The molecule has 3 aromatic rings. The van der Waals surface area contributed by atoms with Crippen molar-refractivity contribution in [2.75, 3.05) is 0 Å². The van der Waals surface area contributed by atoms with Crippen molar-refractivity contribution in [2.24, 2.45) is 10.9 Å². The highest BCUT2D eigenvalue weighted by atomic mass is 35.5. The Morgan fingerprint density at radius 2 is 1.85 bits per heavy atom. The first kappa shape index (κ1) is 16.8. The minimum atomic E-state index is -0.0528. The summed E-state index contributed by atoms with van der Waals surface area (Å²) in [4.78, 5) is 17.0. The first-order valence-corrected chi connectivity index (χ1v) is 9.12. The number of carbonyl (C=O) groups is 1. The van der Waals surface area contributed by atoms with Gasteiger partial charge in [-0.2, -0.15) is 4.99 Å². The van der Waals surface area contributed by atoms with Crippen molar-refractivity contribution in [2.45, 2.75) is 18.9 Å². The average Bonchev–Trinajstić information content (AvgIpc) is 3.45. The number of halogens is 1. The average molecular weight is 363 g/mol. The fourth-order valence-electron chi connectivity index (χ4n) is 3.25. The van der Waals surface area contributed by atoms with Gasteiger partial charge in [0.15, 0.2) is 0 Å². The molecule has 0 aliphatic heterocycles. The molecule has 1 saturated carbocycles. The molecule has 2 aromatic carbocycles. The van der Waals surface area contributed by atoms with E-state index in [1.165, 1.54) is 5.56 Å². The quantitative estimate of drug-likeness (QED) is 0.676. The van der Waals surface area contributed by atoms with Crippen LogP contribution in [-0.2, 0) is 11.3 Å². The largest absolute Gasteiger partial charge is 0.328 e. The highest BCUT2D eigenvalue weighted by molar-refractivity contribution is 6.30. The second-order valence-corrected chi connectivity index (χ2v) is 7.06. The van der Waals surface area contributed by atoms with Crippen LogP contribution in [0.3, 0.4) is 0 Å². The summed E-state index contributed by atoms with van der Waals surface area (Å²) in [6, 6.07) is 23.7. The van der Waals surface area contributed by atoms with Gasteiger partial charge in [0.25, 0.3) is 5.91 Å². The summed E-state index contributed by atoms with van der Waals surface area (Å²) in [6.07, 6.45) is 2.80. The van der Waals surface area contributed by atoms with Crippen LogP contribution in [-0.4, -0.2) is 10.5 Å². The van der Waals surface area contributed by atoms with E-state index in [0.29, 0.717) is 17.1 Å². The highest BCUT2D eigenvalue weighted by Gasteiger charge is 2.43. The van der Waals surface area contributed by atoms with E-state index >= 15 is 0 Å². The third-order valence-electron chi connectivity index (χ3n) is 4.72. The Labute approximate surface area is 157 Å². The molecular weight excluding hydrogens is 344 g/mol. The number of rotatable bonds is 4. The summed E-state index contributed by atoms with van der Waals surface area (Å²) < 4.78 is 2.00. The van der Waals surface area contributed by atoms with E-state index in [4.69, 9.17) is 11.6 Å². The van der Waals surface area contributed by atoms with Gasteiger partial charge >= 0.3 is 0 Å². The molecule has 0 spiro atoms. The Balaban J connectivity index is 1.55. The molecular formula is C22H19ClN2O. The standard InChI is InChI=1S/C22H19ClN2O/c23-18-10-6-9-17(13-18)19-14-20(19)22(26)24-21-11-4-5-12-25(21)15-16-7-2-1-3-8-16/h1-13,19-20H,14-15H2. The maximum Gasteiger partial charge on any atom is 0.251 e. The van der Waals surface area contributed by atoms with Gasteiger partial charge in [0.1, 0.15) is 5.49 Å². The number of benzene rings is 2. The zero-order valence-corrected chi connectivity index (χ0v) is 15.0. The van der Waals surface area contributed by atoms with E-state index in [9.17, 15) is 4.79 Å². The zero-order valence-electron chi connectivity index (χ0n) is 14.3. The first-order valence-electron chi connectivity index (χ1n) is 8.74. The smallest absolute Gasteiger partial charge is 0.251 e. The van der Waals surface area contributed by atoms with Gasteiger partial charge in [0.2, 0.25) is 0 Å². The molecule has 0 bridgehead atoms. The van der Waals surface area contributed by atoms with E-state index in [2.05, 4.69) is 17.1 Å². The Morgan fingerprint density at radius 3 is 2.65 bits per heavy atom. The molecule has 1 heterocycles. The number of carbonyl (C=O) groups excluding carboxylic acids is 1. The molecule has 0 N–H and O–H groups in total. The molecule has 1 amide bonds.